The third-order valence-electron chi connectivity index (χ3n) is 7.65. The molecule has 0 saturated heterocycles. The molecule has 0 N–H and O–H groups in total. The van der Waals surface area contributed by atoms with E-state index in [0.29, 0.717) is 6.54 Å². The topological polar surface area (TPSA) is 32.8 Å². The van der Waals surface area contributed by atoms with E-state index in [1.54, 1.807) is 6.92 Å². The van der Waals surface area contributed by atoms with E-state index in [9.17, 15) is 4.79 Å². The van der Waals surface area contributed by atoms with Crippen molar-refractivity contribution in [1.82, 2.24) is 4.90 Å². The zero-order valence-corrected chi connectivity index (χ0v) is 28.3. The van der Waals surface area contributed by atoms with Gasteiger partial charge in [0, 0.05) is 31.9 Å². The van der Waals surface area contributed by atoms with Gasteiger partial charge in [-0.05, 0) is 54.0 Å². The largest absolute Gasteiger partial charge is 0.494 e. The molecule has 6 heteroatoms. The van der Waals surface area contributed by atoms with Crippen molar-refractivity contribution in [3.63, 3.8) is 0 Å². The van der Waals surface area contributed by atoms with Gasteiger partial charge in [-0.15, -0.1) is 28.7 Å². The van der Waals surface area contributed by atoms with Crippen molar-refractivity contribution in [2.24, 2.45) is 0 Å². The lowest BCUT2D eigenvalue weighted by atomic mass is 10.1. The fourth-order valence-electron chi connectivity index (χ4n) is 5.35. The summed E-state index contributed by atoms with van der Waals surface area (Å²) < 4.78 is 6.09. The summed E-state index contributed by atoms with van der Waals surface area (Å²) in [6.07, 6.45) is 19.2. The van der Waals surface area contributed by atoms with E-state index < -0.39 is 0 Å². The Morgan fingerprint density at radius 3 is 2.20 bits per heavy atom. The van der Waals surface area contributed by atoms with Crippen LogP contribution in [0.15, 0.2) is 59.6 Å². The summed E-state index contributed by atoms with van der Waals surface area (Å²) in [5.74, 6) is 1.98. The van der Waals surface area contributed by atoms with Gasteiger partial charge < -0.3 is 14.5 Å². The second-order valence-electron chi connectivity index (χ2n) is 11.2. The summed E-state index contributed by atoms with van der Waals surface area (Å²) in [5.41, 5.74) is 3.39. The minimum absolute atomic E-state index is 0. The number of ether oxygens (including phenoxy) is 1. The second kappa shape index (κ2) is 20.9. The predicted octanol–water partition coefficient (Wildman–Crippen LogP) is 10.3. The highest BCUT2D eigenvalue weighted by Gasteiger charge is 2.18. The van der Waals surface area contributed by atoms with Crippen LogP contribution in [0, 0.1) is 0 Å². The van der Waals surface area contributed by atoms with E-state index in [1.807, 2.05) is 28.8 Å². The minimum atomic E-state index is 0. The van der Waals surface area contributed by atoms with Gasteiger partial charge in [-0.25, -0.2) is 0 Å². The molecule has 1 heterocycles. The van der Waals surface area contributed by atoms with Crippen LogP contribution in [0.5, 0.6) is 5.75 Å². The van der Waals surface area contributed by atoms with Gasteiger partial charge in [-0.3, -0.25) is 4.79 Å². The molecule has 1 aliphatic heterocycles. The molecule has 0 radical (unpaired) electrons. The third-order valence-corrected chi connectivity index (χ3v) is 8.67. The number of allylic oxidation sites excluding steroid dienone is 1. The molecular formula is C35H53BrN2O2S. The van der Waals surface area contributed by atoms with E-state index >= 15 is 0 Å². The van der Waals surface area contributed by atoms with Crippen LogP contribution in [0.4, 0.5) is 5.69 Å². The number of unbranched alkanes of at least 4 members (excludes halogenated alkanes) is 11. The number of carbonyl (C=O) groups excluding carboxylic acids is 1. The van der Waals surface area contributed by atoms with Crippen molar-refractivity contribution in [2.45, 2.75) is 111 Å². The third kappa shape index (κ3) is 13.7. The molecule has 41 heavy (non-hydrogen) atoms. The number of rotatable bonds is 20. The quantitative estimate of drug-likeness (QED) is 0.134. The van der Waals surface area contributed by atoms with E-state index in [0.717, 1.165) is 43.3 Å². The molecule has 2 aromatic carbocycles. The van der Waals surface area contributed by atoms with Gasteiger partial charge in [0.25, 0.3) is 0 Å². The lowest BCUT2D eigenvalue weighted by molar-refractivity contribution is -0.116. The van der Waals surface area contributed by atoms with Crippen LogP contribution in [0.2, 0.25) is 0 Å². The number of hydrogen-bond donors (Lipinski definition) is 0. The van der Waals surface area contributed by atoms with Crippen LogP contribution >= 0.6 is 28.7 Å². The zero-order valence-electron chi connectivity index (χ0n) is 25.7. The first-order valence-corrected chi connectivity index (χ1v) is 16.7. The Morgan fingerprint density at radius 1 is 0.902 bits per heavy atom. The molecule has 0 aromatic heterocycles. The Labute approximate surface area is 265 Å². The number of amides is 1. The average Bonchev–Trinajstić information content (AvgIpc) is 3.36. The summed E-state index contributed by atoms with van der Waals surface area (Å²) in [7, 11) is 0. The van der Waals surface area contributed by atoms with E-state index in [4.69, 9.17) is 4.74 Å². The van der Waals surface area contributed by atoms with Crippen LogP contribution < -0.4 is 9.64 Å². The molecule has 0 atom stereocenters. The fraction of sp³-hybridized carbons (Fsp3) is 0.571. The highest BCUT2D eigenvalue weighted by Crippen LogP contribution is 2.29. The smallest absolute Gasteiger partial charge is 0.223 e. The standard InChI is InChI=1S/C35H52N2O2S.BrH/c1-4-5-6-7-8-9-10-11-12-13-14-17-25-39-34-21-18-19-32(26-34)23-24-37(31(3)38)35-22-16-15-20-33(35)28-36-27-30(2)40-29-36;/h15-16,18-22,26-27H,4-14,17,23-25,28-29H2,1-3H3;1H. The van der Waals surface area contributed by atoms with Gasteiger partial charge in [0.05, 0.1) is 12.5 Å². The number of hydrogen-bond acceptors (Lipinski definition) is 4. The molecular weight excluding hydrogens is 592 g/mol. The molecule has 1 aliphatic rings. The molecule has 0 spiro atoms. The summed E-state index contributed by atoms with van der Waals surface area (Å²) in [6, 6.07) is 16.7. The molecule has 0 unspecified atom stereocenters. The van der Waals surface area contributed by atoms with Crippen LogP contribution in [0.25, 0.3) is 0 Å². The van der Waals surface area contributed by atoms with Gasteiger partial charge in [0.15, 0.2) is 0 Å². The van der Waals surface area contributed by atoms with E-state index in [2.05, 4.69) is 61.3 Å². The molecule has 4 nitrogen and oxygen atoms in total. The van der Waals surface area contributed by atoms with Crippen molar-refractivity contribution < 1.29 is 9.53 Å². The summed E-state index contributed by atoms with van der Waals surface area (Å²) in [4.78, 5) is 18.3. The van der Waals surface area contributed by atoms with Crippen molar-refractivity contribution in [3.05, 3.63) is 70.8 Å². The molecule has 3 rings (SSSR count). The molecule has 2 aromatic rings. The van der Waals surface area contributed by atoms with Crippen molar-refractivity contribution in [1.29, 1.82) is 0 Å². The Bertz CT molecular complexity index is 1040. The molecule has 0 fully saturated rings. The first-order valence-electron chi connectivity index (χ1n) is 15.7. The molecule has 0 aliphatic carbocycles. The van der Waals surface area contributed by atoms with Gasteiger partial charge in [-0.2, -0.15) is 0 Å². The van der Waals surface area contributed by atoms with Crippen LogP contribution in [-0.2, 0) is 17.8 Å². The van der Waals surface area contributed by atoms with Crippen LogP contribution in [0.1, 0.15) is 109 Å². The number of para-hydroxylation sites is 1. The molecule has 0 saturated carbocycles. The Morgan fingerprint density at radius 2 is 1.56 bits per heavy atom. The van der Waals surface area contributed by atoms with Crippen molar-refractivity contribution in [2.75, 3.05) is 23.9 Å². The number of benzene rings is 2. The first-order chi connectivity index (χ1) is 19.6. The summed E-state index contributed by atoms with van der Waals surface area (Å²) in [6.45, 7) is 8.33. The minimum Gasteiger partial charge on any atom is -0.494 e. The Hall–Kier alpha value is -1.92. The predicted molar refractivity (Wildman–Crippen MR) is 183 cm³/mol. The lowest BCUT2D eigenvalue weighted by Gasteiger charge is -2.26. The number of nitrogens with zero attached hydrogens (tertiary/aromatic N) is 2. The zero-order chi connectivity index (χ0) is 28.4. The highest BCUT2D eigenvalue weighted by molar-refractivity contribution is 8.93. The van der Waals surface area contributed by atoms with Crippen LogP contribution in [0.3, 0.4) is 0 Å². The van der Waals surface area contributed by atoms with Gasteiger partial charge in [-0.1, -0.05) is 108 Å². The second-order valence-corrected chi connectivity index (χ2v) is 12.4. The van der Waals surface area contributed by atoms with Crippen molar-refractivity contribution in [3.8, 4) is 5.75 Å². The monoisotopic (exact) mass is 644 g/mol. The highest BCUT2D eigenvalue weighted by atomic mass is 79.9. The molecule has 0 bridgehead atoms. The SMILES string of the molecule is Br.CCCCCCCCCCCCCCOc1cccc(CCN(C(C)=O)c2ccccc2CN2C=C(C)SC2)c1. The Kier molecular flexibility index (Phi) is 18.0. The van der Waals surface area contributed by atoms with Gasteiger partial charge in [0.2, 0.25) is 5.91 Å². The first kappa shape index (κ1) is 35.3. The maximum atomic E-state index is 12.7. The summed E-state index contributed by atoms with van der Waals surface area (Å²) in [5, 5.41) is 0. The Balaban J connectivity index is 0.00000588. The van der Waals surface area contributed by atoms with E-state index in [1.165, 1.54) is 86.7 Å². The normalized spacial score (nSPS) is 12.7. The summed E-state index contributed by atoms with van der Waals surface area (Å²) >= 11 is 1.86. The van der Waals surface area contributed by atoms with Gasteiger partial charge >= 0.3 is 0 Å². The maximum absolute atomic E-state index is 12.7. The van der Waals surface area contributed by atoms with Crippen LogP contribution in [-0.4, -0.2) is 29.8 Å². The van der Waals surface area contributed by atoms with E-state index in [-0.39, 0.29) is 22.9 Å². The molecule has 1 amide bonds. The lowest BCUT2D eigenvalue weighted by Crippen LogP contribution is -2.32. The molecule has 228 valence electrons. The van der Waals surface area contributed by atoms with Crippen molar-refractivity contribution >= 4 is 40.3 Å². The number of anilines is 1. The number of thioether (sulfide) groups is 1. The maximum Gasteiger partial charge on any atom is 0.223 e. The average molecular weight is 646 g/mol. The number of halogens is 1. The van der Waals surface area contributed by atoms with Gasteiger partial charge in [0.1, 0.15) is 5.75 Å². The number of carbonyl (C=O) groups is 1. The fourth-order valence-corrected chi connectivity index (χ4v) is 6.11.